The van der Waals surface area contributed by atoms with Gasteiger partial charge in [-0.05, 0) is 44.4 Å². The van der Waals surface area contributed by atoms with Gasteiger partial charge in [0.1, 0.15) is 0 Å². The fraction of sp³-hybridized carbons (Fsp3) is 0.182. The second kappa shape index (κ2) is 10.2. The van der Waals surface area contributed by atoms with Gasteiger partial charge in [-0.15, -0.1) is 0 Å². The van der Waals surface area contributed by atoms with E-state index in [0.717, 1.165) is 21.4 Å². The number of anilines is 2. The lowest BCUT2D eigenvalue weighted by Crippen LogP contribution is -2.11. The summed E-state index contributed by atoms with van der Waals surface area (Å²) >= 11 is 2.90. The van der Waals surface area contributed by atoms with E-state index in [1.54, 1.807) is 25.1 Å². The van der Waals surface area contributed by atoms with Crippen LogP contribution >= 0.6 is 23.1 Å². The molecule has 30 heavy (non-hydrogen) atoms. The molecule has 0 saturated heterocycles. The van der Waals surface area contributed by atoms with E-state index in [1.807, 2.05) is 49.6 Å². The minimum Gasteiger partial charge on any atom is -0.335 e. The van der Waals surface area contributed by atoms with Gasteiger partial charge in [0.15, 0.2) is 16.1 Å². The van der Waals surface area contributed by atoms with Gasteiger partial charge in [-0.1, -0.05) is 53.4 Å². The number of rotatable bonds is 6. The lowest BCUT2D eigenvalue weighted by Gasteiger charge is -2.08. The number of amides is 1. The third-order valence-corrected chi connectivity index (χ3v) is 5.90. The maximum Gasteiger partial charge on any atom is 0.257 e. The number of Topliss-reactive ketones (excluding diaryl/α,β-unsaturated/α-hetero) is 1. The second-order valence-electron chi connectivity index (χ2n) is 6.44. The lowest BCUT2D eigenvalue weighted by molar-refractivity contribution is 0.101. The third kappa shape index (κ3) is 5.77. The Kier molecular flexibility index (Phi) is 7.37. The van der Waals surface area contributed by atoms with E-state index in [-0.39, 0.29) is 11.7 Å². The SMILES string of the molecule is CSC(=NCc1sc(NC(=O)c2ccccc2)nc1C)Nc1cccc(C(C)=O)c1. The summed E-state index contributed by atoms with van der Waals surface area (Å²) < 4.78 is 0. The smallest absolute Gasteiger partial charge is 0.257 e. The van der Waals surface area contributed by atoms with Gasteiger partial charge in [0.05, 0.1) is 17.1 Å². The molecule has 8 heteroatoms. The molecule has 0 aliphatic heterocycles. The first-order valence-corrected chi connectivity index (χ1v) is 11.3. The van der Waals surface area contributed by atoms with Crippen molar-refractivity contribution in [3.8, 4) is 0 Å². The number of thiazole rings is 1. The maximum atomic E-state index is 12.3. The van der Waals surface area contributed by atoms with Crippen molar-refractivity contribution < 1.29 is 9.59 Å². The van der Waals surface area contributed by atoms with Crippen LogP contribution < -0.4 is 10.6 Å². The average Bonchev–Trinajstić information content (AvgIpc) is 3.10. The second-order valence-corrected chi connectivity index (χ2v) is 8.31. The Balaban J connectivity index is 1.68. The summed E-state index contributed by atoms with van der Waals surface area (Å²) in [5.74, 6) is -0.164. The number of aromatic nitrogens is 1. The van der Waals surface area contributed by atoms with Crippen molar-refractivity contribution in [2.75, 3.05) is 16.9 Å². The van der Waals surface area contributed by atoms with Crippen molar-refractivity contribution in [2.24, 2.45) is 4.99 Å². The molecule has 1 amide bonds. The van der Waals surface area contributed by atoms with E-state index in [0.29, 0.717) is 22.8 Å². The number of nitrogens with zero attached hydrogens (tertiary/aromatic N) is 2. The van der Waals surface area contributed by atoms with Crippen molar-refractivity contribution in [1.82, 2.24) is 4.98 Å². The van der Waals surface area contributed by atoms with Crippen LogP contribution in [-0.4, -0.2) is 28.1 Å². The molecule has 0 bridgehead atoms. The molecule has 1 aromatic heterocycles. The average molecular weight is 439 g/mol. The molecular formula is C22H22N4O2S2. The van der Waals surface area contributed by atoms with Gasteiger partial charge in [0.25, 0.3) is 5.91 Å². The van der Waals surface area contributed by atoms with Crippen LogP contribution in [-0.2, 0) is 6.54 Å². The zero-order valence-electron chi connectivity index (χ0n) is 16.9. The first kappa shape index (κ1) is 21.7. The van der Waals surface area contributed by atoms with Crippen LogP contribution in [0.4, 0.5) is 10.8 Å². The van der Waals surface area contributed by atoms with Crippen LogP contribution in [0, 0.1) is 6.92 Å². The molecule has 3 rings (SSSR count). The molecule has 0 atom stereocenters. The van der Waals surface area contributed by atoms with E-state index in [1.165, 1.54) is 23.1 Å². The summed E-state index contributed by atoms with van der Waals surface area (Å²) in [6, 6.07) is 16.4. The lowest BCUT2D eigenvalue weighted by atomic mass is 10.1. The van der Waals surface area contributed by atoms with Gasteiger partial charge < -0.3 is 5.32 Å². The standard InChI is InChI=1S/C22H22N4O2S2/c1-14-19(30-22(24-14)26-20(28)16-8-5-4-6-9-16)13-23-21(29-3)25-18-11-7-10-17(12-18)15(2)27/h4-12H,13H2,1-3H3,(H,23,25)(H,24,26,28). The molecule has 3 aromatic rings. The van der Waals surface area contributed by atoms with Crippen molar-refractivity contribution >= 4 is 50.8 Å². The minimum atomic E-state index is -0.184. The Labute approximate surface area is 183 Å². The van der Waals surface area contributed by atoms with Gasteiger partial charge in [-0.25, -0.2) is 4.98 Å². The Bertz CT molecular complexity index is 1080. The summed E-state index contributed by atoms with van der Waals surface area (Å²) in [5, 5.41) is 7.38. The number of carbonyl (C=O) groups is 2. The van der Waals surface area contributed by atoms with Crippen LogP contribution in [0.2, 0.25) is 0 Å². The fourth-order valence-electron chi connectivity index (χ4n) is 2.63. The van der Waals surface area contributed by atoms with Crippen molar-refractivity contribution in [2.45, 2.75) is 20.4 Å². The van der Waals surface area contributed by atoms with Crippen LogP contribution in [0.15, 0.2) is 59.6 Å². The zero-order chi connectivity index (χ0) is 21.5. The van der Waals surface area contributed by atoms with Gasteiger partial charge in [0.2, 0.25) is 0 Å². The number of ketones is 1. The predicted octanol–water partition coefficient (Wildman–Crippen LogP) is 5.24. The topological polar surface area (TPSA) is 83.4 Å². The van der Waals surface area contributed by atoms with Crippen LogP contribution in [0.5, 0.6) is 0 Å². The molecule has 0 aliphatic rings. The Morgan fingerprint density at radius 3 is 2.50 bits per heavy atom. The molecule has 0 saturated carbocycles. The molecule has 0 spiro atoms. The fourth-order valence-corrected chi connectivity index (χ4v) is 3.92. The van der Waals surface area contributed by atoms with Crippen molar-refractivity contribution in [3.05, 3.63) is 76.3 Å². The van der Waals surface area contributed by atoms with E-state index >= 15 is 0 Å². The quantitative estimate of drug-likeness (QED) is 0.312. The summed E-state index contributed by atoms with van der Waals surface area (Å²) in [7, 11) is 0. The molecule has 154 valence electrons. The highest BCUT2D eigenvalue weighted by Crippen LogP contribution is 2.24. The maximum absolute atomic E-state index is 12.3. The number of thioether (sulfide) groups is 1. The number of nitrogens with one attached hydrogen (secondary N) is 2. The molecule has 2 N–H and O–H groups in total. The van der Waals surface area contributed by atoms with E-state index in [4.69, 9.17) is 0 Å². The molecule has 0 aliphatic carbocycles. The number of amidine groups is 1. The first-order chi connectivity index (χ1) is 14.5. The summed E-state index contributed by atoms with van der Waals surface area (Å²) in [4.78, 5) is 33.9. The number of aryl methyl sites for hydroxylation is 1. The highest BCUT2D eigenvalue weighted by atomic mass is 32.2. The number of aliphatic imine (C=N–C) groups is 1. The molecular weight excluding hydrogens is 416 g/mol. The van der Waals surface area contributed by atoms with Crippen LogP contribution in [0.3, 0.4) is 0 Å². The highest BCUT2D eigenvalue weighted by Gasteiger charge is 2.12. The molecule has 0 fully saturated rings. The summed E-state index contributed by atoms with van der Waals surface area (Å²) in [5.41, 5.74) is 2.89. The van der Waals surface area contributed by atoms with Gasteiger partial charge in [-0.3, -0.25) is 19.9 Å². The number of hydrogen-bond donors (Lipinski definition) is 2. The molecule has 6 nitrogen and oxygen atoms in total. The highest BCUT2D eigenvalue weighted by molar-refractivity contribution is 8.13. The Hall–Kier alpha value is -2.97. The number of hydrogen-bond acceptors (Lipinski definition) is 6. The van der Waals surface area contributed by atoms with E-state index in [9.17, 15) is 9.59 Å². The molecule has 0 unspecified atom stereocenters. The van der Waals surface area contributed by atoms with Gasteiger partial charge in [-0.2, -0.15) is 0 Å². The zero-order valence-corrected chi connectivity index (χ0v) is 18.6. The summed E-state index contributed by atoms with van der Waals surface area (Å²) in [6.45, 7) is 3.89. The van der Waals surface area contributed by atoms with Gasteiger partial charge >= 0.3 is 0 Å². The predicted molar refractivity (Wildman–Crippen MR) is 126 cm³/mol. The van der Waals surface area contributed by atoms with Crippen molar-refractivity contribution in [3.63, 3.8) is 0 Å². The van der Waals surface area contributed by atoms with Gasteiger partial charge in [0, 0.05) is 16.8 Å². The monoisotopic (exact) mass is 438 g/mol. The first-order valence-electron chi connectivity index (χ1n) is 9.25. The molecule has 2 aromatic carbocycles. The number of carbonyl (C=O) groups excluding carboxylic acids is 2. The Morgan fingerprint density at radius 2 is 1.80 bits per heavy atom. The van der Waals surface area contributed by atoms with Crippen molar-refractivity contribution in [1.29, 1.82) is 0 Å². The molecule has 0 radical (unpaired) electrons. The molecule has 1 heterocycles. The third-order valence-electron chi connectivity index (χ3n) is 4.23. The normalized spacial score (nSPS) is 11.2. The number of benzene rings is 2. The summed E-state index contributed by atoms with van der Waals surface area (Å²) in [6.07, 6.45) is 1.94. The largest absolute Gasteiger partial charge is 0.335 e. The van der Waals surface area contributed by atoms with E-state index in [2.05, 4.69) is 20.6 Å². The van der Waals surface area contributed by atoms with Crippen LogP contribution in [0.25, 0.3) is 0 Å². The van der Waals surface area contributed by atoms with Crippen LogP contribution in [0.1, 0.15) is 38.2 Å². The minimum absolute atomic E-state index is 0.0201. The van der Waals surface area contributed by atoms with E-state index < -0.39 is 0 Å². The Morgan fingerprint density at radius 1 is 1.07 bits per heavy atom.